The van der Waals surface area contributed by atoms with Gasteiger partial charge in [-0.05, 0) is 4.31 Å². The molecule has 0 amide bonds. The number of hydrogen-bond donors (Lipinski definition) is 2. The lowest BCUT2D eigenvalue weighted by atomic mass is 11.8. The maximum atomic E-state index is 11.3. The van der Waals surface area contributed by atoms with Crippen molar-refractivity contribution in [1.29, 1.82) is 0 Å². The molecule has 0 saturated heterocycles. The van der Waals surface area contributed by atoms with Crippen molar-refractivity contribution in [3.8, 4) is 0 Å². The van der Waals surface area contributed by atoms with Gasteiger partial charge in [-0.25, -0.2) is 4.39 Å². The second-order valence-electron chi connectivity index (χ2n) is 1.08. The number of alkyl halides is 1. The van der Waals surface area contributed by atoms with Crippen molar-refractivity contribution in [2.24, 2.45) is 0 Å². The van der Waals surface area contributed by atoms with Crippen LogP contribution in [0, 0.1) is 0 Å². The highest BCUT2D eigenvalue weighted by Gasteiger charge is 2.32. The summed E-state index contributed by atoms with van der Waals surface area (Å²) in [5.41, 5.74) is 0. The van der Waals surface area contributed by atoms with Crippen molar-refractivity contribution < 1.29 is 27.6 Å². The molecule has 0 spiro atoms. The van der Waals surface area contributed by atoms with E-state index < -0.39 is 22.3 Å². The van der Waals surface area contributed by atoms with Crippen molar-refractivity contribution in [3.05, 3.63) is 0 Å². The highest BCUT2D eigenvalue weighted by Crippen LogP contribution is 2.49. The van der Waals surface area contributed by atoms with E-state index in [1.54, 1.807) is 0 Å². The number of rotatable bonds is 3. The van der Waals surface area contributed by atoms with E-state index in [2.05, 4.69) is 4.31 Å². The van der Waals surface area contributed by atoms with E-state index in [-0.39, 0.29) is 0 Å². The van der Waals surface area contributed by atoms with Crippen LogP contribution in [0.4, 0.5) is 4.39 Å². The highest BCUT2D eigenvalue weighted by molar-refractivity contribution is 7.59. The third-order valence-electron chi connectivity index (χ3n) is 0.348. The monoisotopic (exact) mass is 177 g/mol. The van der Waals surface area contributed by atoms with Gasteiger partial charge in [0, 0.05) is 4.57 Å². The molecule has 8 heteroatoms. The summed E-state index contributed by atoms with van der Waals surface area (Å²) in [6.07, 6.45) is -1.66. The minimum Gasteiger partial charge on any atom is -0.320 e. The van der Waals surface area contributed by atoms with Gasteiger partial charge in [-0.2, -0.15) is 0 Å². The molecule has 2 unspecified atom stereocenters. The standard InChI is InChI=1S/CH3FO5P2/c2-1-9(5,6)7-8(3)4/h1H2,(H-,3,4,5,6)/p+1. The van der Waals surface area contributed by atoms with Crippen LogP contribution in [0.1, 0.15) is 0 Å². The van der Waals surface area contributed by atoms with Gasteiger partial charge in [0.05, 0.1) is 0 Å². The Bertz CT molecular complexity index is 155. The molecule has 0 aliphatic rings. The zero-order valence-corrected chi connectivity index (χ0v) is 5.89. The maximum Gasteiger partial charge on any atom is 0.703 e. The quantitative estimate of drug-likeness (QED) is 0.621. The summed E-state index contributed by atoms with van der Waals surface area (Å²) < 4.78 is 34.2. The van der Waals surface area contributed by atoms with Gasteiger partial charge < -0.3 is 4.89 Å². The van der Waals surface area contributed by atoms with Crippen LogP contribution in [-0.4, -0.2) is 16.2 Å². The lowest BCUT2D eigenvalue weighted by molar-refractivity contribution is 0.333. The second-order valence-corrected chi connectivity index (χ2v) is 3.72. The Labute approximate surface area is 50.9 Å². The predicted molar refractivity (Wildman–Crippen MR) is 26.7 cm³/mol. The van der Waals surface area contributed by atoms with Crippen LogP contribution >= 0.6 is 15.9 Å². The molecular formula is CH4FO5P2+. The summed E-state index contributed by atoms with van der Waals surface area (Å²) in [5, 5.41) is 0. The molecule has 0 aromatic rings. The summed E-state index contributed by atoms with van der Waals surface area (Å²) in [6.45, 7) is 0. The van der Waals surface area contributed by atoms with Gasteiger partial charge in [-0.15, -0.1) is 4.89 Å². The molecule has 0 saturated carbocycles. The molecule has 0 fully saturated rings. The van der Waals surface area contributed by atoms with Gasteiger partial charge in [0.2, 0.25) is 0 Å². The average Bonchev–Trinajstić information content (AvgIpc) is 1.63. The van der Waals surface area contributed by atoms with Crippen molar-refractivity contribution in [2.75, 3.05) is 6.42 Å². The Hall–Kier alpha value is 0.140. The summed E-state index contributed by atoms with van der Waals surface area (Å²) in [4.78, 5) is 15.9. The fourth-order valence-corrected chi connectivity index (χ4v) is 1.18. The zero-order chi connectivity index (χ0) is 7.49. The second kappa shape index (κ2) is 3.34. The Balaban J connectivity index is 3.88. The molecule has 0 aliphatic heterocycles. The smallest absolute Gasteiger partial charge is 0.320 e. The molecule has 2 atom stereocenters. The van der Waals surface area contributed by atoms with Gasteiger partial charge in [0.1, 0.15) is 0 Å². The molecule has 0 heterocycles. The van der Waals surface area contributed by atoms with Crippen LogP contribution in [0.15, 0.2) is 0 Å². The molecule has 0 aromatic carbocycles. The van der Waals surface area contributed by atoms with Gasteiger partial charge in [0.25, 0.3) is 0 Å². The lowest BCUT2D eigenvalue weighted by Gasteiger charge is -1.92. The zero-order valence-electron chi connectivity index (χ0n) is 4.10. The Kier molecular flexibility index (Phi) is 3.40. The van der Waals surface area contributed by atoms with E-state index in [0.717, 1.165) is 0 Å². The van der Waals surface area contributed by atoms with Crippen LogP contribution in [0.25, 0.3) is 0 Å². The molecule has 0 bridgehead atoms. The maximum absolute atomic E-state index is 11.3. The van der Waals surface area contributed by atoms with Crippen LogP contribution in [0.5, 0.6) is 0 Å². The number of halogens is 1. The molecule has 0 radical (unpaired) electrons. The van der Waals surface area contributed by atoms with Crippen LogP contribution in [-0.2, 0) is 13.4 Å². The van der Waals surface area contributed by atoms with Crippen LogP contribution in [0.2, 0.25) is 0 Å². The lowest BCUT2D eigenvalue weighted by Crippen LogP contribution is -1.81. The van der Waals surface area contributed by atoms with E-state index in [0.29, 0.717) is 0 Å². The first kappa shape index (κ1) is 9.14. The average molecular weight is 177 g/mol. The highest BCUT2D eigenvalue weighted by atomic mass is 31.2. The first-order valence-corrected chi connectivity index (χ1v) is 4.61. The summed E-state index contributed by atoms with van der Waals surface area (Å²) >= 11 is 0. The fourth-order valence-electron chi connectivity index (χ4n) is 0.131. The minimum atomic E-state index is -4.43. The van der Waals surface area contributed by atoms with Gasteiger partial charge in [-0.3, -0.25) is 4.57 Å². The van der Waals surface area contributed by atoms with Crippen molar-refractivity contribution in [2.45, 2.75) is 0 Å². The van der Waals surface area contributed by atoms with Crippen LogP contribution in [0.3, 0.4) is 0 Å². The fraction of sp³-hybridized carbons (Fsp3) is 1.00. The number of hydrogen-bond acceptors (Lipinski definition) is 3. The van der Waals surface area contributed by atoms with Crippen molar-refractivity contribution >= 4 is 15.9 Å². The Morgan fingerprint density at radius 3 is 2.33 bits per heavy atom. The van der Waals surface area contributed by atoms with Gasteiger partial charge >= 0.3 is 15.9 Å². The van der Waals surface area contributed by atoms with E-state index >= 15 is 0 Å². The van der Waals surface area contributed by atoms with E-state index in [9.17, 15) is 13.5 Å². The summed E-state index contributed by atoms with van der Waals surface area (Å²) in [6, 6.07) is 0. The van der Waals surface area contributed by atoms with E-state index in [1.165, 1.54) is 0 Å². The summed E-state index contributed by atoms with van der Waals surface area (Å²) in [7, 11) is -7.63. The first-order chi connectivity index (χ1) is 3.98. The third kappa shape index (κ3) is 4.63. The Morgan fingerprint density at radius 1 is 1.78 bits per heavy atom. The largest absolute Gasteiger partial charge is 0.703 e. The van der Waals surface area contributed by atoms with Crippen molar-refractivity contribution in [1.82, 2.24) is 0 Å². The minimum absolute atomic E-state index is 1.66. The van der Waals surface area contributed by atoms with Gasteiger partial charge in [-0.1, -0.05) is 0 Å². The van der Waals surface area contributed by atoms with Crippen LogP contribution < -0.4 is 0 Å². The van der Waals surface area contributed by atoms with E-state index in [4.69, 9.17) is 9.79 Å². The molecule has 2 N–H and O–H groups in total. The molecule has 5 nitrogen and oxygen atoms in total. The first-order valence-electron chi connectivity index (χ1n) is 1.71. The molecule has 54 valence electrons. The van der Waals surface area contributed by atoms with Crippen molar-refractivity contribution in [3.63, 3.8) is 0 Å². The SMILES string of the molecule is O=[P+](O)OP(=O)(O)CF. The predicted octanol–water partition coefficient (Wildman–Crippen LogP) is 0.765. The topological polar surface area (TPSA) is 83.8 Å². The van der Waals surface area contributed by atoms with Gasteiger partial charge in [0.15, 0.2) is 6.42 Å². The third-order valence-corrected chi connectivity index (χ3v) is 2.23. The molecule has 9 heavy (non-hydrogen) atoms. The molecule has 0 rings (SSSR count). The molecule has 0 aliphatic carbocycles. The normalized spacial score (nSPS) is 18.8. The molecule has 0 aromatic heterocycles. The van der Waals surface area contributed by atoms with E-state index in [1.807, 2.05) is 0 Å². The molecular weight excluding hydrogens is 173 g/mol. The summed E-state index contributed by atoms with van der Waals surface area (Å²) in [5.74, 6) is 0. The Morgan fingerprint density at radius 2 is 2.22 bits per heavy atom.